The molecule has 1 aromatic rings. The Morgan fingerprint density at radius 3 is 3.19 bits per heavy atom. The van der Waals surface area contributed by atoms with Crippen molar-refractivity contribution < 1.29 is 4.79 Å². The molecule has 86 valence electrons. The van der Waals surface area contributed by atoms with E-state index in [1.807, 2.05) is 5.38 Å². The number of nitrogens with zero attached hydrogens (tertiary/aromatic N) is 1. The number of anilines is 1. The second-order valence-corrected chi connectivity index (χ2v) is 4.84. The van der Waals surface area contributed by atoms with Crippen molar-refractivity contribution in [2.45, 2.75) is 32.2 Å². The Kier molecular flexibility index (Phi) is 3.56. The van der Waals surface area contributed by atoms with Crippen LogP contribution in [0.3, 0.4) is 0 Å². The van der Waals surface area contributed by atoms with Gasteiger partial charge in [-0.1, -0.05) is 11.6 Å². The van der Waals surface area contributed by atoms with Gasteiger partial charge in [-0.3, -0.25) is 5.32 Å². The van der Waals surface area contributed by atoms with Crippen LogP contribution < -0.4 is 10.6 Å². The van der Waals surface area contributed by atoms with Crippen LogP contribution >= 0.6 is 11.3 Å². The standard InChI is InChI=1S/C11H15N3OS/c1-8-3-2-4-9(7-8)13-10(15)14-11-12-5-6-16-11/h5-7,9H,2-4H2,1H3,(H2,12,13,14,15)/t9-/m1/s1. The summed E-state index contributed by atoms with van der Waals surface area (Å²) < 4.78 is 0. The molecule has 0 radical (unpaired) electrons. The molecule has 1 aromatic heterocycles. The summed E-state index contributed by atoms with van der Waals surface area (Å²) in [6.45, 7) is 2.10. The Balaban J connectivity index is 1.85. The maximum Gasteiger partial charge on any atom is 0.321 e. The molecule has 2 rings (SSSR count). The van der Waals surface area contributed by atoms with Crippen molar-refractivity contribution in [1.29, 1.82) is 0 Å². The molecule has 0 saturated carbocycles. The number of thiazole rings is 1. The van der Waals surface area contributed by atoms with Gasteiger partial charge in [0.15, 0.2) is 5.13 Å². The predicted molar refractivity (Wildman–Crippen MR) is 65.7 cm³/mol. The first-order valence-corrected chi connectivity index (χ1v) is 6.26. The third kappa shape index (κ3) is 3.06. The van der Waals surface area contributed by atoms with Crippen LogP contribution in [-0.2, 0) is 0 Å². The minimum atomic E-state index is -0.175. The topological polar surface area (TPSA) is 54.0 Å². The fourth-order valence-corrected chi connectivity index (χ4v) is 2.34. The van der Waals surface area contributed by atoms with Crippen molar-refractivity contribution in [2.24, 2.45) is 0 Å². The molecule has 4 nitrogen and oxygen atoms in total. The van der Waals surface area contributed by atoms with E-state index in [-0.39, 0.29) is 12.1 Å². The summed E-state index contributed by atoms with van der Waals surface area (Å²) >= 11 is 1.42. The van der Waals surface area contributed by atoms with E-state index >= 15 is 0 Å². The summed E-state index contributed by atoms with van der Waals surface area (Å²) in [5.41, 5.74) is 1.35. The average Bonchev–Trinajstić information content (AvgIpc) is 2.70. The smallest absolute Gasteiger partial charge is 0.321 e. The van der Waals surface area contributed by atoms with E-state index in [1.54, 1.807) is 6.20 Å². The van der Waals surface area contributed by atoms with Crippen molar-refractivity contribution in [3.8, 4) is 0 Å². The molecule has 1 atom stereocenters. The molecule has 2 amide bonds. The number of allylic oxidation sites excluding steroid dienone is 1. The van der Waals surface area contributed by atoms with Gasteiger partial charge in [0.2, 0.25) is 0 Å². The Hall–Kier alpha value is -1.36. The molecule has 0 aromatic carbocycles. The lowest BCUT2D eigenvalue weighted by molar-refractivity contribution is 0.249. The molecule has 1 heterocycles. The molecule has 0 saturated heterocycles. The Bertz CT molecular complexity index is 386. The Morgan fingerprint density at radius 1 is 1.62 bits per heavy atom. The van der Waals surface area contributed by atoms with Gasteiger partial charge in [-0.25, -0.2) is 9.78 Å². The quantitative estimate of drug-likeness (QED) is 0.777. The second-order valence-electron chi connectivity index (χ2n) is 3.95. The van der Waals surface area contributed by atoms with Crippen molar-refractivity contribution in [1.82, 2.24) is 10.3 Å². The first-order valence-electron chi connectivity index (χ1n) is 5.38. The number of amides is 2. The number of hydrogen-bond donors (Lipinski definition) is 2. The van der Waals surface area contributed by atoms with Gasteiger partial charge >= 0.3 is 6.03 Å². The zero-order valence-electron chi connectivity index (χ0n) is 9.19. The van der Waals surface area contributed by atoms with Gasteiger partial charge in [0.25, 0.3) is 0 Å². The highest BCUT2D eigenvalue weighted by Crippen LogP contribution is 2.17. The number of nitrogens with one attached hydrogen (secondary N) is 2. The van der Waals surface area contributed by atoms with Gasteiger partial charge < -0.3 is 5.32 Å². The van der Waals surface area contributed by atoms with Gasteiger partial charge in [0, 0.05) is 17.6 Å². The van der Waals surface area contributed by atoms with Crippen LogP contribution in [-0.4, -0.2) is 17.1 Å². The van der Waals surface area contributed by atoms with Gasteiger partial charge in [0.05, 0.1) is 0 Å². The third-order valence-corrected chi connectivity index (χ3v) is 3.23. The zero-order valence-corrected chi connectivity index (χ0v) is 10.0. The predicted octanol–water partition coefficient (Wildman–Crippen LogP) is 2.76. The summed E-state index contributed by atoms with van der Waals surface area (Å²) in [5, 5.41) is 8.11. The molecule has 2 N–H and O–H groups in total. The van der Waals surface area contributed by atoms with Crippen molar-refractivity contribution in [3.63, 3.8) is 0 Å². The summed E-state index contributed by atoms with van der Waals surface area (Å²) in [4.78, 5) is 15.6. The molecule has 0 bridgehead atoms. The van der Waals surface area contributed by atoms with Gasteiger partial charge in [-0.05, 0) is 26.2 Å². The summed E-state index contributed by atoms with van der Waals surface area (Å²) in [6.07, 6.45) is 7.11. The largest absolute Gasteiger partial charge is 0.332 e. The SMILES string of the molecule is CC1=C[C@H](NC(=O)Nc2nccs2)CCC1. The number of aromatic nitrogens is 1. The van der Waals surface area contributed by atoms with Crippen LogP contribution in [0.15, 0.2) is 23.2 Å². The summed E-state index contributed by atoms with van der Waals surface area (Å²) in [5.74, 6) is 0. The first-order chi connectivity index (χ1) is 7.74. The van der Waals surface area contributed by atoms with E-state index < -0.39 is 0 Å². The van der Waals surface area contributed by atoms with Crippen LogP contribution in [0.5, 0.6) is 0 Å². The maximum absolute atomic E-state index is 11.6. The molecule has 16 heavy (non-hydrogen) atoms. The highest BCUT2D eigenvalue weighted by atomic mass is 32.1. The minimum Gasteiger partial charge on any atom is -0.332 e. The van der Waals surface area contributed by atoms with Crippen LogP contribution in [0.2, 0.25) is 0 Å². The first kappa shape index (κ1) is 11.1. The second kappa shape index (κ2) is 5.12. The maximum atomic E-state index is 11.6. The molecule has 1 aliphatic carbocycles. The third-order valence-electron chi connectivity index (χ3n) is 2.54. The van der Waals surface area contributed by atoms with E-state index in [4.69, 9.17) is 0 Å². The number of urea groups is 1. The highest BCUT2D eigenvalue weighted by Gasteiger charge is 2.14. The van der Waals surface area contributed by atoms with Crippen LogP contribution in [0, 0.1) is 0 Å². The average molecular weight is 237 g/mol. The van der Waals surface area contributed by atoms with Crippen LogP contribution in [0.1, 0.15) is 26.2 Å². The lowest BCUT2D eigenvalue weighted by Crippen LogP contribution is -2.37. The van der Waals surface area contributed by atoms with Gasteiger partial charge in [0.1, 0.15) is 0 Å². The van der Waals surface area contributed by atoms with Crippen molar-refractivity contribution in [3.05, 3.63) is 23.2 Å². The van der Waals surface area contributed by atoms with Crippen molar-refractivity contribution in [2.75, 3.05) is 5.32 Å². The molecule has 0 aliphatic heterocycles. The number of rotatable bonds is 2. The fraction of sp³-hybridized carbons (Fsp3) is 0.455. The van der Waals surface area contributed by atoms with Gasteiger partial charge in [-0.15, -0.1) is 11.3 Å². The summed E-state index contributed by atoms with van der Waals surface area (Å²) in [6, 6.07) is -0.0142. The monoisotopic (exact) mass is 237 g/mol. The molecule has 0 spiro atoms. The summed E-state index contributed by atoms with van der Waals surface area (Å²) in [7, 11) is 0. The van der Waals surface area contributed by atoms with E-state index in [0.717, 1.165) is 19.3 Å². The minimum absolute atomic E-state index is 0.161. The highest BCUT2D eigenvalue weighted by molar-refractivity contribution is 7.13. The van der Waals surface area contributed by atoms with Crippen molar-refractivity contribution >= 4 is 22.5 Å². The molecular formula is C11H15N3OS. The normalized spacial score (nSPS) is 20.1. The lowest BCUT2D eigenvalue weighted by Gasteiger charge is -2.20. The molecule has 1 aliphatic rings. The number of carbonyl (C=O) groups is 1. The van der Waals surface area contributed by atoms with E-state index in [2.05, 4.69) is 28.6 Å². The molecule has 5 heteroatoms. The van der Waals surface area contributed by atoms with Gasteiger partial charge in [-0.2, -0.15) is 0 Å². The lowest BCUT2D eigenvalue weighted by atomic mass is 9.97. The number of carbonyl (C=O) groups excluding carboxylic acids is 1. The zero-order chi connectivity index (χ0) is 11.4. The van der Waals surface area contributed by atoms with Crippen LogP contribution in [0.4, 0.5) is 9.93 Å². The van der Waals surface area contributed by atoms with E-state index in [9.17, 15) is 4.79 Å². The van der Waals surface area contributed by atoms with E-state index in [1.165, 1.54) is 16.9 Å². The fourth-order valence-electron chi connectivity index (χ4n) is 1.81. The number of hydrogen-bond acceptors (Lipinski definition) is 3. The molecule has 0 fully saturated rings. The Labute approximate surface area is 98.8 Å². The molecule has 0 unspecified atom stereocenters. The van der Waals surface area contributed by atoms with E-state index in [0.29, 0.717) is 5.13 Å². The molecular weight excluding hydrogens is 222 g/mol. The Morgan fingerprint density at radius 2 is 2.50 bits per heavy atom. The van der Waals surface area contributed by atoms with Crippen LogP contribution in [0.25, 0.3) is 0 Å².